The van der Waals surface area contributed by atoms with E-state index in [1.807, 2.05) is 36.4 Å². The Labute approximate surface area is 134 Å². The van der Waals surface area contributed by atoms with Gasteiger partial charge in [0.1, 0.15) is 0 Å². The van der Waals surface area contributed by atoms with E-state index in [2.05, 4.69) is 26.2 Å². The second-order valence-electron chi connectivity index (χ2n) is 4.90. The van der Waals surface area contributed by atoms with Gasteiger partial charge in [-0.2, -0.15) is 0 Å². The number of carbonyl (C=O) groups is 1. The molecule has 0 bridgehead atoms. The van der Waals surface area contributed by atoms with Gasteiger partial charge in [-0.05, 0) is 42.3 Å². The lowest BCUT2D eigenvalue weighted by molar-refractivity contribution is -0.116. The zero-order valence-electron chi connectivity index (χ0n) is 11.6. The van der Waals surface area contributed by atoms with Crippen LogP contribution in [0.15, 0.2) is 56.1 Å². The average molecular weight is 361 g/mol. The molecule has 112 valence electrons. The Morgan fingerprint density at radius 1 is 1.23 bits per heavy atom. The van der Waals surface area contributed by atoms with E-state index in [1.54, 1.807) is 6.07 Å². The van der Waals surface area contributed by atoms with E-state index in [9.17, 15) is 9.59 Å². The van der Waals surface area contributed by atoms with Crippen LogP contribution < -0.4 is 11.1 Å². The summed E-state index contributed by atoms with van der Waals surface area (Å²) in [5.74, 6) is -0.529. The Kier molecular flexibility index (Phi) is 4.11. The molecule has 1 aromatic heterocycles. The van der Waals surface area contributed by atoms with Crippen LogP contribution in [0.3, 0.4) is 0 Å². The van der Waals surface area contributed by atoms with Crippen molar-refractivity contribution in [1.29, 1.82) is 0 Å². The minimum absolute atomic E-state index is 0.0566. The van der Waals surface area contributed by atoms with Gasteiger partial charge in [-0.15, -0.1) is 0 Å². The number of carbonyl (C=O) groups excluding carboxylic acids is 1. The van der Waals surface area contributed by atoms with Crippen LogP contribution >= 0.6 is 15.9 Å². The number of rotatable bonds is 4. The minimum Gasteiger partial charge on any atom is -0.408 e. The molecule has 0 saturated heterocycles. The van der Waals surface area contributed by atoms with Crippen molar-refractivity contribution in [2.75, 3.05) is 5.32 Å². The van der Waals surface area contributed by atoms with Gasteiger partial charge in [0, 0.05) is 16.6 Å². The molecule has 3 aromatic rings. The summed E-state index contributed by atoms with van der Waals surface area (Å²) in [6, 6.07) is 12.9. The number of aromatic amines is 1. The van der Waals surface area contributed by atoms with Crippen molar-refractivity contribution in [2.24, 2.45) is 0 Å². The molecule has 2 aromatic carbocycles. The van der Waals surface area contributed by atoms with Crippen LogP contribution in [-0.4, -0.2) is 10.9 Å². The van der Waals surface area contributed by atoms with Crippen LogP contribution in [0.25, 0.3) is 11.1 Å². The van der Waals surface area contributed by atoms with Gasteiger partial charge in [-0.25, -0.2) is 4.79 Å². The molecule has 0 radical (unpaired) electrons. The number of hydrogen-bond donors (Lipinski definition) is 2. The molecule has 0 aliphatic heterocycles. The SMILES string of the molecule is O=C(CCc1ccc2oc(=O)[nH]c2c1)Nc1cccc(Br)c1. The number of halogens is 1. The Balaban J connectivity index is 1.63. The molecule has 3 rings (SSSR count). The predicted octanol–water partition coefficient (Wildman–Crippen LogP) is 3.45. The van der Waals surface area contributed by atoms with E-state index < -0.39 is 5.76 Å². The molecule has 0 aliphatic carbocycles. The summed E-state index contributed by atoms with van der Waals surface area (Å²) in [6.45, 7) is 0. The summed E-state index contributed by atoms with van der Waals surface area (Å²) < 4.78 is 5.86. The second-order valence-corrected chi connectivity index (χ2v) is 5.82. The molecule has 5 nitrogen and oxygen atoms in total. The fourth-order valence-corrected chi connectivity index (χ4v) is 2.60. The zero-order valence-corrected chi connectivity index (χ0v) is 13.1. The molecule has 0 atom stereocenters. The highest BCUT2D eigenvalue weighted by atomic mass is 79.9. The first-order valence-electron chi connectivity index (χ1n) is 6.77. The Bertz CT molecular complexity index is 882. The number of anilines is 1. The summed E-state index contributed by atoms with van der Waals surface area (Å²) in [7, 11) is 0. The molecule has 0 saturated carbocycles. The van der Waals surface area contributed by atoms with Gasteiger partial charge in [0.25, 0.3) is 0 Å². The van der Waals surface area contributed by atoms with Gasteiger partial charge in [-0.1, -0.05) is 28.1 Å². The van der Waals surface area contributed by atoms with Crippen LogP contribution in [-0.2, 0) is 11.2 Å². The van der Waals surface area contributed by atoms with Crippen LogP contribution in [0, 0.1) is 0 Å². The van der Waals surface area contributed by atoms with Crippen molar-refractivity contribution in [3.05, 3.63) is 63.1 Å². The fraction of sp³-hybridized carbons (Fsp3) is 0.125. The lowest BCUT2D eigenvalue weighted by Gasteiger charge is -2.05. The molecule has 0 spiro atoms. The molecule has 1 heterocycles. The van der Waals surface area contributed by atoms with E-state index in [0.29, 0.717) is 23.9 Å². The van der Waals surface area contributed by atoms with Gasteiger partial charge < -0.3 is 9.73 Å². The smallest absolute Gasteiger partial charge is 0.408 e. The maximum absolute atomic E-state index is 12.0. The largest absolute Gasteiger partial charge is 0.417 e. The molecule has 6 heteroatoms. The molecular weight excluding hydrogens is 348 g/mol. The van der Waals surface area contributed by atoms with Crippen LogP contribution in [0.5, 0.6) is 0 Å². The van der Waals surface area contributed by atoms with Gasteiger partial charge in [0.2, 0.25) is 5.91 Å². The number of H-pyrrole nitrogens is 1. The summed E-state index contributed by atoms with van der Waals surface area (Å²) in [4.78, 5) is 25.7. The number of benzene rings is 2. The molecule has 0 aliphatic rings. The normalized spacial score (nSPS) is 10.8. The molecule has 0 unspecified atom stereocenters. The highest BCUT2D eigenvalue weighted by Crippen LogP contribution is 2.17. The van der Waals surface area contributed by atoms with Crippen molar-refractivity contribution in [3.8, 4) is 0 Å². The summed E-state index contributed by atoms with van der Waals surface area (Å²) in [6.07, 6.45) is 0.948. The van der Waals surface area contributed by atoms with E-state index in [0.717, 1.165) is 15.7 Å². The van der Waals surface area contributed by atoms with Crippen LogP contribution in [0.4, 0.5) is 5.69 Å². The summed E-state index contributed by atoms with van der Waals surface area (Å²) >= 11 is 3.36. The fourth-order valence-electron chi connectivity index (χ4n) is 2.20. The van der Waals surface area contributed by atoms with Gasteiger partial charge in [0.05, 0.1) is 5.52 Å². The summed E-state index contributed by atoms with van der Waals surface area (Å²) in [5, 5.41) is 2.85. The van der Waals surface area contributed by atoms with Crippen LogP contribution in [0.2, 0.25) is 0 Å². The third-order valence-corrected chi connectivity index (χ3v) is 3.73. The number of amides is 1. The van der Waals surface area contributed by atoms with Crippen molar-refractivity contribution in [2.45, 2.75) is 12.8 Å². The molecule has 2 N–H and O–H groups in total. The van der Waals surface area contributed by atoms with Gasteiger partial charge in [0.15, 0.2) is 5.58 Å². The van der Waals surface area contributed by atoms with Crippen molar-refractivity contribution in [3.63, 3.8) is 0 Å². The standard InChI is InChI=1S/C16H13BrN2O3/c17-11-2-1-3-12(9-11)18-15(20)7-5-10-4-6-14-13(8-10)19-16(21)22-14/h1-4,6,8-9H,5,7H2,(H,18,20)(H,19,21). The number of aromatic nitrogens is 1. The van der Waals surface area contributed by atoms with Gasteiger partial charge >= 0.3 is 5.76 Å². The number of nitrogens with one attached hydrogen (secondary N) is 2. The van der Waals surface area contributed by atoms with Crippen LogP contribution in [0.1, 0.15) is 12.0 Å². The van der Waals surface area contributed by atoms with Gasteiger partial charge in [-0.3, -0.25) is 9.78 Å². The molecule has 22 heavy (non-hydrogen) atoms. The third-order valence-electron chi connectivity index (χ3n) is 3.23. The Morgan fingerprint density at radius 3 is 2.91 bits per heavy atom. The summed E-state index contributed by atoms with van der Waals surface area (Å²) in [5.41, 5.74) is 2.89. The highest BCUT2D eigenvalue weighted by molar-refractivity contribution is 9.10. The Morgan fingerprint density at radius 2 is 2.09 bits per heavy atom. The highest BCUT2D eigenvalue weighted by Gasteiger charge is 2.06. The zero-order chi connectivity index (χ0) is 15.5. The lowest BCUT2D eigenvalue weighted by Crippen LogP contribution is -2.12. The first-order valence-corrected chi connectivity index (χ1v) is 7.56. The third kappa shape index (κ3) is 3.46. The molecule has 0 fully saturated rings. The van der Waals surface area contributed by atoms with Crippen molar-refractivity contribution < 1.29 is 9.21 Å². The maximum atomic E-state index is 12.0. The lowest BCUT2D eigenvalue weighted by atomic mass is 10.1. The average Bonchev–Trinajstić information content (AvgIpc) is 2.84. The van der Waals surface area contributed by atoms with Crippen molar-refractivity contribution in [1.82, 2.24) is 4.98 Å². The van der Waals surface area contributed by atoms with E-state index >= 15 is 0 Å². The minimum atomic E-state index is -0.473. The first-order chi connectivity index (χ1) is 10.6. The monoisotopic (exact) mass is 360 g/mol. The second kappa shape index (κ2) is 6.19. The van der Waals surface area contributed by atoms with Crippen molar-refractivity contribution >= 4 is 38.6 Å². The number of fused-ring (bicyclic) bond motifs is 1. The number of oxazole rings is 1. The van der Waals surface area contributed by atoms with E-state index in [-0.39, 0.29) is 5.91 Å². The number of aryl methyl sites for hydroxylation is 1. The van der Waals surface area contributed by atoms with E-state index in [1.165, 1.54) is 0 Å². The topological polar surface area (TPSA) is 75.1 Å². The van der Waals surface area contributed by atoms with E-state index in [4.69, 9.17) is 4.42 Å². The maximum Gasteiger partial charge on any atom is 0.417 e. The Hall–Kier alpha value is -2.34. The predicted molar refractivity (Wildman–Crippen MR) is 87.9 cm³/mol. The first kappa shape index (κ1) is 14.6. The molecular formula is C16H13BrN2O3. The molecule has 1 amide bonds. The quantitative estimate of drug-likeness (QED) is 0.747. The number of hydrogen-bond acceptors (Lipinski definition) is 3.